The van der Waals surface area contributed by atoms with Gasteiger partial charge >= 0.3 is 0 Å². The highest BCUT2D eigenvalue weighted by Crippen LogP contribution is 2.28. The highest BCUT2D eigenvalue weighted by atomic mass is 32.2. The Morgan fingerprint density at radius 2 is 2.13 bits per heavy atom. The summed E-state index contributed by atoms with van der Waals surface area (Å²) in [6.07, 6.45) is 1.58. The third kappa shape index (κ3) is 4.90. The van der Waals surface area contributed by atoms with Crippen molar-refractivity contribution >= 4 is 15.7 Å². The van der Waals surface area contributed by atoms with Crippen molar-refractivity contribution in [2.75, 3.05) is 44.2 Å². The van der Waals surface area contributed by atoms with Crippen LogP contribution < -0.4 is 5.73 Å². The molecule has 0 aromatic carbocycles. The van der Waals surface area contributed by atoms with Gasteiger partial charge in [0.15, 0.2) is 9.84 Å². The van der Waals surface area contributed by atoms with Crippen molar-refractivity contribution < 1.29 is 13.2 Å². The molecule has 2 rings (SSSR count). The topological polar surface area (TPSA) is 83.7 Å². The number of hydrogen-bond acceptors (Lipinski definition) is 5. The second kappa shape index (κ2) is 7.07. The number of nitrogens with zero attached hydrogens (tertiary/aromatic N) is 2. The summed E-state index contributed by atoms with van der Waals surface area (Å²) in [5, 5.41) is 0. The Morgan fingerprint density at radius 3 is 2.61 bits per heavy atom. The minimum atomic E-state index is -2.98. The van der Waals surface area contributed by atoms with E-state index in [0.717, 1.165) is 19.5 Å². The van der Waals surface area contributed by atoms with Gasteiger partial charge in [0.1, 0.15) is 0 Å². The molecule has 0 saturated carbocycles. The fourth-order valence-corrected chi connectivity index (χ4v) is 5.31. The van der Waals surface area contributed by atoms with Gasteiger partial charge in [-0.05, 0) is 37.3 Å². The molecule has 2 N–H and O–H groups in total. The van der Waals surface area contributed by atoms with Crippen LogP contribution in [0.25, 0.3) is 0 Å². The molecule has 0 aliphatic carbocycles. The van der Waals surface area contributed by atoms with Gasteiger partial charge in [-0.3, -0.25) is 9.69 Å². The first kappa shape index (κ1) is 18.7. The van der Waals surface area contributed by atoms with Crippen LogP contribution in [0, 0.1) is 11.3 Å². The van der Waals surface area contributed by atoms with Gasteiger partial charge in [0, 0.05) is 19.1 Å². The van der Waals surface area contributed by atoms with E-state index in [4.69, 9.17) is 5.73 Å². The lowest BCUT2D eigenvalue weighted by atomic mass is 9.90. The van der Waals surface area contributed by atoms with E-state index >= 15 is 0 Å². The first-order valence-corrected chi connectivity index (χ1v) is 10.4. The number of rotatable bonds is 6. The van der Waals surface area contributed by atoms with Gasteiger partial charge in [-0.15, -0.1) is 0 Å². The molecule has 23 heavy (non-hydrogen) atoms. The smallest absolute Gasteiger partial charge is 0.237 e. The van der Waals surface area contributed by atoms with Crippen LogP contribution >= 0.6 is 0 Å². The SMILES string of the molecule is CC(C)CN(C(=O)CN1CCC(C)(CN)C1)C1CCS(=O)(=O)C1. The van der Waals surface area contributed by atoms with Gasteiger partial charge in [0.05, 0.1) is 18.1 Å². The van der Waals surface area contributed by atoms with Crippen molar-refractivity contribution in [3.05, 3.63) is 0 Å². The predicted molar refractivity (Wildman–Crippen MR) is 91.8 cm³/mol. The Bertz CT molecular complexity index is 535. The van der Waals surface area contributed by atoms with Crippen LogP contribution in [-0.2, 0) is 14.6 Å². The van der Waals surface area contributed by atoms with E-state index < -0.39 is 9.84 Å². The molecule has 0 aromatic rings. The third-order valence-corrected chi connectivity index (χ3v) is 6.77. The summed E-state index contributed by atoms with van der Waals surface area (Å²) in [4.78, 5) is 16.8. The number of hydrogen-bond donors (Lipinski definition) is 1. The average Bonchev–Trinajstić information content (AvgIpc) is 2.99. The molecule has 7 heteroatoms. The van der Waals surface area contributed by atoms with Gasteiger partial charge in [0.25, 0.3) is 0 Å². The lowest BCUT2D eigenvalue weighted by Gasteiger charge is -2.32. The summed E-state index contributed by atoms with van der Waals surface area (Å²) >= 11 is 0. The lowest BCUT2D eigenvalue weighted by Crippen LogP contribution is -2.47. The monoisotopic (exact) mass is 345 g/mol. The van der Waals surface area contributed by atoms with Crippen LogP contribution in [0.4, 0.5) is 0 Å². The minimum absolute atomic E-state index is 0.0575. The number of carbonyl (C=O) groups excluding carboxylic acids is 1. The van der Waals surface area contributed by atoms with Crippen molar-refractivity contribution in [1.29, 1.82) is 0 Å². The van der Waals surface area contributed by atoms with E-state index in [1.54, 1.807) is 0 Å². The second-order valence-electron chi connectivity index (χ2n) is 7.97. The van der Waals surface area contributed by atoms with E-state index in [2.05, 4.69) is 25.7 Å². The van der Waals surface area contributed by atoms with Gasteiger partial charge in [-0.2, -0.15) is 0 Å². The maximum Gasteiger partial charge on any atom is 0.237 e. The first-order valence-electron chi connectivity index (χ1n) is 8.56. The Labute approximate surface area is 140 Å². The fraction of sp³-hybridized carbons (Fsp3) is 0.938. The summed E-state index contributed by atoms with van der Waals surface area (Å²) in [5.41, 5.74) is 5.92. The predicted octanol–water partition coefficient (Wildman–Crippen LogP) is 0.329. The van der Waals surface area contributed by atoms with Crippen LogP contribution in [0.1, 0.15) is 33.6 Å². The highest BCUT2D eigenvalue weighted by molar-refractivity contribution is 7.91. The second-order valence-corrected chi connectivity index (χ2v) is 10.2. The summed E-state index contributed by atoms with van der Waals surface area (Å²) in [6, 6.07) is -0.154. The molecule has 6 nitrogen and oxygen atoms in total. The van der Waals surface area contributed by atoms with Crippen LogP contribution in [0.2, 0.25) is 0 Å². The molecule has 2 saturated heterocycles. The summed E-state index contributed by atoms with van der Waals surface area (Å²) < 4.78 is 23.5. The molecular formula is C16H31N3O3S. The number of sulfone groups is 1. The molecule has 0 radical (unpaired) electrons. The zero-order chi connectivity index (χ0) is 17.3. The Morgan fingerprint density at radius 1 is 1.43 bits per heavy atom. The molecule has 1 amide bonds. The number of nitrogens with two attached hydrogens (primary N) is 1. The number of likely N-dealkylation sites (tertiary alicyclic amines) is 1. The molecule has 0 aromatic heterocycles. The maximum absolute atomic E-state index is 12.8. The summed E-state index contributed by atoms with van der Waals surface area (Å²) in [5.74, 6) is 0.706. The van der Waals surface area contributed by atoms with Crippen LogP contribution in [0.15, 0.2) is 0 Å². The molecular weight excluding hydrogens is 314 g/mol. The number of carbonyl (C=O) groups is 1. The largest absolute Gasteiger partial charge is 0.337 e. The summed E-state index contributed by atoms with van der Waals surface area (Å²) in [7, 11) is -2.98. The molecule has 134 valence electrons. The zero-order valence-electron chi connectivity index (χ0n) is 14.6. The van der Waals surface area contributed by atoms with E-state index in [0.29, 0.717) is 32.0 Å². The van der Waals surface area contributed by atoms with Gasteiger partial charge in [-0.25, -0.2) is 8.42 Å². The van der Waals surface area contributed by atoms with E-state index in [1.807, 2.05) is 4.90 Å². The highest BCUT2D eigenvalue weighted by Gasteiger charge is 2.37. The standard InChI is InChI=1S/C16H31N3O3S/c1-13(2)8-19(14-4-7-23(21,22)10-14)15(20)9-18-6-5-16(3,11-17)12-18/h13-14H,4-12,17H2,1-3H3. The van der Waals surface area contributed by atoms with Crippen LogP contribution in [-0.4, -0.2) is 74.4 Å². The quantitative estimate of drug-likeness (QED) is 0.750. The van der Waals surface area contributed by atoms with Gasteiger partial charge < -0.3 is 10.6 Å². The molecule has 2 aliphatic heterocycles. The Balaban J connectivity index is 2.00. The van der Waals surface area contributed by atoms with Crippen molar-refractivity contribution in [3.63, 3.8) is 0 Å². The molecule has 2 unspecified atom stereocenters. The van der Waals surface area contributed by atoms with Crippen molar-refractivity contribution in [2.24, 2.45) is 17.1 Å². The maximum atomic E-state index is 12.8. The molecule has 0 spiro atoms. The number of amides is 1. The van der Waals surface area contributed by atoms with E-state index in [1.165, 1.54) is 0 Å². The van der Waals surface area contributed by atoms with Crippen LogP contribution in [0.3, 0.4) is 0 Å². The molecule has 2 fully saturated rings. The molecule has 2 atom stereocenters. The van der Waals surface area contributed by atoms with Gasteiger partial charge in [0.2, 0.25) is 5.91 Å². The molecule has 2 aliphatic rings. The van der Waals surface area contributed by atoms with Crippen molar-refractivity contribution in [3.8, 4) is 0 Å². The van der Waals surface area contributed by atoms with E-state index in [9.17, 15) is 13.2 Å². The van der Waals surface area contributed by atoms with Crippen molar-refractivity contribution in [1.82, 2.24) is 9.80 Å². The normalized spacial score (nSPS) is 30.9. The Kier molecular flexibility index (Phi) is 5.74. The summed E-state index contributed by atoms with van der Waals surface area (Å²) in [6.45, 7) is 9.64. The minimum Gasteiger partial charge on any atom is -0.337 e. The first-order chi connectivity index (χ1) is 10.6. The third-order valence-electron chi connectivity index (χ3n) is 5.02. The zero-order valence-corrected chi connectivity index (χ0v) is 15.4. The average molecular weight is 346 g/mol. The van der Waals surface area contributed by atoms with Crippen molar-refractivity contribution in [2.45, 2.75) is 39.7 Å². The van der Waals surface area contributed by atoms with Gasteiger partial charge in [-0.1, -0.05) is 20.8 Å². The molecule has 0 bridgehead atoms. The van der Waals surface area contributed by atoms with Crippen LogP contribution in [0.5, 0.6) is 0 Å². The molecule has 2 heterocycles. The lowest BCUT2D eigenvalue weighted by molar-refractivity contribution is -0.134. The van der Waals surface area contributed by atoms with E-state index in [-0.39, 0.29) is 28.9 Å². The Hall–Kier alpha value is -0.660. The fourth-order valence-electron chi connectivity index (χ4n) is 3.58.